The molecule has 110 valence electrons. The summed E-state index contributed by atoms with van der Waals surface area (Å²) in [5.41, 5.74) is 3.39. The maximum Gasteiger partial charge on any atom is 0.278 e. The van der Waals surface area contributed by atoms with Gasteiger partial charge in [-0.05, 0) is 18.4 Å². The lowest BCUT2D eigenvalue weighted by atomic mass is 10.1. The van der Waals surface area contributed by atoms with Gasteiger partial charge in [0.2, 0.25) is 5.88 Å². The number of nitrogens with two attached hydrogens (primary N) is 1. The fourth-order valence-electron chi connectivity index (χ4n) is 1.84. The van der Waals surface area contributed by atoms with Crippen LogP contribution in [0.5, 0.6) is 5.88 Å². The molecule has 21 heavy (non-hydrogen) atoms. The molecule has 0 aliphatic heterocycles. The third-order valence-corrected chi connectivity index (χ3v) is 2.85. The Morgan fingerprint density at radius 1 is 1.29 bits per heavy atom. The Morgan fingerprint density at radius 2 is 2.05 bits per heavy atom. The van der Waals surface area contributed by atoms with Gasteiger partial charge in [0.25, 0.3) is 5.69 Å². The van der Waals surface area contributed by atoms with Gasteiger partial charge in [0.15, 0.2) is 5.82 Å². The number of anilines is 1. The van der Waals surface area contributed by atoms with Gasteiger partial charge < -0.3 is 10.2 Å². The number of nitrogens with zero attached hydrogens (tertiary/aromatic N) is 2. The molecule has 3 N–H and O–H groups in total. The van der Waals surface area contributed by atoms with Crippen LogP contribution in [0.3, 0.4) is 0 Å². The van der Waals surface area contributed by atoms with Crippen LogP contribution in [0, 0.1) is 10.1 Å². The summed E-state index contributed by atoms with van der Waals surface area (Å²) >= 11 is 0. The molecule has 0 aliphatic rings. The third-order valence-electron chi connectivity index (χ3n) is 2.85. The topological polar surface area (TPSA) is 103 Å². The van der Waals surface area contributed by atoms with E-state index in [0.717, 1.165) is 12.8 Å². The number of hydrogen-bond donors (Lipinski definition) is 2. The first-order valence-electron chi connectivity index (χ1n) is 6.49. The van der Waals surface area contributed by atoms with Crippen LogP contribution in [-0.2, 0) is 6.42 Å². The molecule has 2 rings (SSSR count). The highest BCUT2D eigenvalue weighted by atomic mass is 16.6. The van der Waals surface area contributed by atoms with Crippen molar-refractivity contribution in [2.24, 2.45) is 5.84 Å². The molecule has 0 saturated carbocycles. The molecule has 2 aromatic rings. The van der Waals surface area contributed by atoms with Crippen molar-refractivity contribution in [2.45, 2.75) is 12.8 Å². The highest BCUT2D eigenvalue weighted by Gasteiger charge is 2.11. The molecule has 1 aromatic heterocycles. The lowest BCUT2D eigenvalue weighted by Gasteiger charge is -2.07. The Bertz CT molecular complexity index is 604. The first-order valence-corrected chi connectivity index (χ1v) is 6.49. The van der Waals surface area contributed by atoms with Crippen LogP contribution in [0.15, 0.2) is 42.5 Å². The highest BCUT2D eigenvalue weighted by Crippen LogP contribution is 2.21. The van der Waals surface area contributed by atoms with Gasteiger partial charge in [0.05, 0.1) is 23.7 Å². The SMILES string of the molecule is NNc1cc([N+](=O)[O-])cc(OCCCc2ccccc2)n1. The van der Waals surface area contributed by atoms with Gasteiger partial charge in [0.1, 0.15) is 0 Å². The first kappa shape index (κ1) is 14.7. The summed E-state index contributed by atoms with van der Waals surface area (Å²) < 4.78 is 5.45. The molecule has 0 fully saturated rings. The molecule has 7 heteroatoms. The molecular formula is C14H16N4O3. The molecule has 0 amide bonds. The summed E-state index contributed by atoms with van der Waals surface area (Å²) in [6, 6.07) is 12.5. The molecule has 7 nitrogen and oxygen atoms in total. The van der Waals surface area contributed by atoms with E-state index in [2.05, 4.69) is 10.4 Å². The summed E-state index contributed by atoms with van der Waals surface area (Å²) in [6.07, 6.45) is 1.66. The zero-order valence-corrected chi connectivity index (χ0v) is 11.4. The number of pyridine rings is 1. The number of nitrogen functional groups attached to an aromatic ring is 1. The second-order valence-electron chi connectivity index (χ2n) is 4.39. The van der Waals surface area contributed by atoms with Crippen molar-refractivity contribution in [2.75, 3.05) is 12.0 Å². The predicted octanol–water partition coefficient (Wildman–Crippen LogP) is 2.29. The van der Waals surface area contributed by atoms with Gasteiger partial charge in [-0.25, -0.2) is 5.84 Å². The van der Waals surface area contributed by atoms with Crippen molar-refractivity contribution in [3.63, 3.8) is 0 Å². The number of nitro groups is 1. The minimum atomic E-state index is -0.515. The average Bonchev–Trinajstić information content (AvgIpc) is 2.52. The van der Waals surface area contributed by atoms with Crippen LogP contribution in [0.25, 0.3) is 0 Å². The van der Waals surface area contributed by atoms with E-state index in [1.165, 1.54) is 17.7 Å². The van der Waals surface area contributed by atoms with Gasteiger partial charge in [-0.2, -0.15) is 4.98 Å². The minimum Gasteiger partial charge on any atom is -0.477 e. The Hall–Kier alpha value is -2.67. The van der Waals surface area contributed by atoms with Crippen LogP contribution in [0.2, 0.25) is 0 Å². The van der Waals surface area contributed by atoms with Crippen molar-refractivity contribution in [3.8, 4) is 5.88 Å². The van der Waals surface area contributed by atoms with E-state index in [-0.39, 0.29) is 17.4 Å². The monoisotopic (exact) mass is 288 g/mol. The fraction of sp³-hybridized carbons (Fsp3) is 0.214. The largest absolute Gasteiger partial charge is 0.477 e. The lowest BCUT2D eigenvalue weighted by molar-refractivity contribution is -0.384. The molecule has 0 unspecified atom stereocenters. The van der Waals surface area contributed by atoms with Crippen molar-refractivity contribution in [1.82, 2.24) is 4.98 Å². The van der Waals surface area contributed by atoms with Crippen molar-refractivity contribution in [1.29, 1.82) is 0 Å². The summed E-state index contributed by atoms with van der Waals surface area (Å²) in [6.45, 7) is 0.424. The van der Waals surface area contributed by atoms with Crippen LogP contribution in [0.1, 0.15) is 12.0 Å². The zero-order valence-electron chi connectivity index (χ0n) is 11.4. The Kier molecular flexibility index (Phi) is 5.05. The predicted molar refractivity (Wildman–Crippen MR) is 79.0 cm³/mol. The second kappa shape index (κ2) is 7.20. The van der Waals surface area contributed by atoms with Gasteiger partial charge in [0, 0.05) is 0 Å². The van der Waals surface area contributed by atoms with E-state index in [0.29, 0.717) is 6.61 Å². The minimum absolute atomic E-state index is 0.115. The van der Waals surface area contributed by atoms with Crippen molar-refractivity contribution in [3.05, 3.63) is 58.1 Å². The number of hydrogen-bond acceptors (Lipinski definition) is 6. The molecule has 0 radical (unpaired) electrons. The van der Waals surface area contributed by atoms with Gasteiger partial charge in [-0.3, -0.25) is 10.1 Å². The number of aryl methyl sites for hydroxylation is 1. The maximum atomic E-state index is 10.8. The normalized spacial score (nSPS) is 10.1. The summed E-state index contributed by atoms with van der Waals surface area (Å²) in [4.78, 5) is 14.3. The van der Waals surface area contributed by atoms with E-state index in [4.69, 9.17) is 10.6 Å². The van der Waals surface area contributed by atoms with Crippen LogP contribution >= 0.6 is 0 Å². The standard InChI is InChI=1S/C14H16N4O3/c15-17-13-9-12(18(19)20)10-14(16-13)21-8-4-7-11-5-2-1-3-6-11/h1-3,5-6,9-10H,4,7-8,15H2,(H,16,17). The highest BCUT2D eigenvalue weighted by molar-refractivity contribution is 5.47. The molecule has 0 atom stereocenters. The molecular weight excluding hydrogens is 272 g/mol. The average molecular weight is 288 g/mol. The van der Waals surface area contributed by atoms with Crippen LogP contribution < -0.4 is 16.0 Å². The van der Waals surface area contributed by atoms with Gasteiger partial charge in [-0.1, -0.05) is 30.3 Å². The molecule has 0 spiro atoms. The Morgan fingerprint density at radius 3 is 2.71 bits per heavy atom. The Labute approximate surface area is 121 Å². The van der Waals surface area contributed by atoms with E-state index < -0.39 is 4.92 Å². The summed E-state index contributed by atoms with van der Waals surface area (Å²) in [5.74, 6) is 5.61. The number of aromatic nitrogens is 1. The number of rotatable bonds is 7. The summed E-state index contributed by atoms with van der Waals surface area (Å²) in [7, 11) is 0. The van der Waals surface area contributed by atoms with E-state index in [1.807, 2.05) is 30.3 Å². The fourth-order valence-corrected chi connectivity index (χ4v) is 1.84. The summed E-state index contributed by atoms with van der Waals surface area (Å²) in [5, 5.41) is 10.8. The molecule has 0 bridgehead atoms. The van der Waals surface area contributed by atoms with Crippen molar-refractivity contribution >= 4 is 11.5 Å². The number of nitrogens with one attached hydrogen (secondary N) is 1. The Balaban J connectivity index is 1.90. The molecule has 1 aromatic carbocycles. The smallest absolute Gasteiger partial charge is 0.278 e. The van der Waals surface area contributed by atoms with E-state index in [1.54, 1.807) is 0 Å². The lowest BCUT2D eigenvalue weighted by Crippen LogP contribution is -2.10. The van der Waals surface area contributed by atoms with E-state index >= 15 is 0 Å². The number of hydrazine groups is 1. The van der Waals surface area contributed by atoms with Gasteiger partial charge in [-0.15, -0.1) is 0 Å². The quantitative estimate of drug-likeness (QED) is 0.350. The second-order valence-corrected chi connectivity index (χ2v) is 4.39. The third kappa shape index (κ3) is 4.43. The van der Waals surface area contributed by atoms with Crippen molar-refractivity contribution < 1.29 is 9.66 Å². The van der Waals surface area contributed by atoms with E-state index in [9.17, 15) is 10.1 Å². The number of ether oxygens (including phenoxy) is 1. The first-order chi connectivity index (χ1) is 10.2. The molecule has 0 saturated heterocycles. The zero-order chi connectivity index (χ0) is 15.1. The molecule has 1 heterocycles. The molecule has 0 aliphatic carbocycles. The number of benzene rings is 1. The van der Waals surface area contributed by atoms with Crippen LogP contribution in [-0.4, -0.2) is 16.5 Å². The van der Waals surface area contributed by atoms with Gasteiger partial charge >= 0.3 is 0 Å². The maximum absolute atomic E-state index is 10.8. The van der Waals surface area contributed by atoms with Crippen LogP contribution in [0.4, 0.5) is 11.5 Å².